The standard InChI is InChI=1S/C21H17N/c1-2-6-12-18(11-5-1)21(19-13-7-3-8-14-19)17-22-20-15-9-4-10-16-20/h1,3-16H,2H2. The number of hydrogen-bond acceptors (Lipinski definition) is 1. The van der Waals surface area contributed by atoms with Crippen LogP contribution in [0.2, 0.25) is 0 Å². The summed E-state index contributed by atoms with van der Waals surface area (Å²) in [6.45, 7) is 0. The van der Waals surface area contributed by atoms with Crippen LogP contribution in [0.1, 0.15) is 12.0 Å². The normalized spacial score (nSPS) is 13.0. The highest BCUT2D eigenvalue weighted by molar-refractivity contribution is 6.00. The number of allylic oxidation sites excluding steroid dienone is 7. The maximum atomic E-state index is 4.50. The van der Waals surface area contributed by atoms with Crippen LogP contribution in [0.3, 0.4) is 0 Å². The molecule has 0 spiro atoms. The lowest BCUT2D eigenvalue weighted by atomic mass is 9.99. The van der Waals surface area contributed by atoms with E-state index in [2.05, 4.69) is 53.4 Å². The zero-order chi connectivity index (χ0) is 15.0. The molecule has 1 nitrogen and oxygen atoms in total. The second-order valence-corrected chi connectivity index (χ2v) is 4.99. The van der Waals surface area contributed by atoms with Gasteiger partial charge in [0.15, 0.2) is 0 Å². The molecule has 1 aliphatic carbocycles. The first kappa shape index (κ1) is 14.1. The van der Waals surface area contributed by atoms with E-state index in [-0.39, 0.29) is 0 Å². The van der Waals surface area contributed by atoms with E-state index in [0.717, 1.165) is 28.8 Å². The molecule has 0 bridgehead atoms. The van der Waals surface area contributed by atoms with Crippen molar-refractivity contribution in [3.8, 4) is 0 Å². The summed E-state index contributed by atoms with van der Waals surface area (Å²) in [5, 5.41) is 0. The molecule has 22 heavy (non-hydrogen) atoms. The lowest BCUT2D eigenvalue weighted by Gasteiger charge is -2.05. The van der Waals surface area contributed by atoms with Crippen LogP contribution in [0.4, 0.5) is 5.69 Å². The number of para-hydroxylation sites is 1. The molecular weight excluding hydrogens is 266 g/mol. The fourth-order valence-electron chi connectivity index (χ4n) is 2.27. The maximum absolute atomic E-state index is 4.50. The summed E-state index contributed by atoms with van der Waals surface area (Å²) in [4.78, 5) is 4.50. The van der Waals surface area contributed by atoms with Crippen LogP contribution in [0.25, 0.3) is 5.57 Å². The first-order valence-electron chi connectivity index (χ1n) is 7.41. The summed E-state index contributed by atoms with van der Waals surface area (Å²) in [7, 11) is 0. The summed E-state index contributed by atoms with van der Waals surface area (Å²) in [5.74, 6) is 3.24. The lowest BCUT2D eigenvalue weighted by Crippen LogP contribution is -1.88. The van der Waals surface area contributed by atoms with E-state index in [4.69, 9.17) is 0 Å². The second-order valence-electron chi connectivity index (χ2n) is 4.99. The van der Waals surface area contributed by atoms with Crippen molar-refractivity contribution in [2.45, 2.75) is 6.42 Å². The van der Waals surface area contributed by atoms with Gasteiger partial charge in [0, 0.05) is 0 Å². The Kier molecular flexibility index (Phi) is 4.61. The van der Waals surface area contributed by atoms with Crippen molar-refractivity contribution in [2.75, 3.05) is 0 Å². The molecule has 0 unspecified atom stereocenters. The monoisotopic (exact) mass is 283 g/mol. The van der Waals surface area contributed by atoms with Crippen molar-refractivity contribution < 1.29 is 0 Å². The summed E-state index contributed by atoms with van der Waals surface area (Å²) >= 11 is 0. The summed E-state index contributed by atoms with van der Waals surface area (Å²) < 4.78 is 0. The predicted octanol–water partition coefficient (Wildman–Crippen LogP) is 5.51. The zero-order valence-corrected chi connectivity index (χ0v) is 12.3. The molecule has 0 aromatic heterocycles. The predicted molar refractivity (Wildman–Crippen MR) is 94.4 cm³/mol. The van der Waals surface area contributed by atoms with E-state index in [1.807, 2.05) is 48.5 Å². The molecule has 0 radical (unpaired) electrons. The van der Waals surface area contributed by atoms with Gasteiger partial charge in [-0.25, -0.2) is 4.99 Å². The number of nitrogens with zero attached hydrogens (tertiary/aromatic N) is 1. The van der Waals surface area contributed by atoms with E-state index in [9.17, 15) is 0 Å². The largest absolute Gasteiger partial charge is 0.206 e. The Morgan fingerprint density at radius 2 is 1.59 bits per heavy atom. The van der Waals surface area contributed by atoms with Crippen molar-refractivity contribution in [3.63, 3.8) is 0 Å². The van der Waals surface area contributed by atoms with E-state index in [1.165, 1.54) is 0 Å². The Bertz CT molecular complexity index is 771. The molecule has 0 aliphatic heterocycles. The number of benzene rings is 2. The van der Waals surface area contributed by atoms with Crippen molar-refractivity contribution in [3.05, 3.63) is 102 Å². The molecule has 2 aromatic carbocycles. The quantitative estimate of drug-likeness (QED) is 0.658. The second kappa shape index (κ2) is 7.21. The molecule has 3 rings (SSSR count). The van der Waals surface area contributed by atoms with Gasteiger partial charge in [-0.1, -0.05) is 78.9 Å². The van der Waals surface area contributed by atoms with Crippen LogP contribution in [-0.2, 0) is 0 Å². The van der Waals surface area contributed by atoms with Gasteiger partial charge in [-0.15, -0.1) is 0 Å². The smallest absolute Gasteiger partial charge is 0.0729 e. The van der Waals surface area contributed by atoms with E-state index >= 15 is 0 Å². The van der Waals surface area contributed by atoms with Gasteiger partial charge in [-0.2, -0.15) is 0 Å². The SMILES string of the molecule is C(=Nc1ccccc1)=C(C1=CC=CCC=C1)c1ccccc1. The van der Waals surface area contributed by atoms with E-state index in [1.54, 1.807) is 0 Å². The summed E-state index contributed by atoms with van der Waals surface area (Å²) in [5.41, 5.74) is 4.16. The molecule has 1 aliphatic rings. The van der Waals surface area contributed by atoms with Crippen molar-refractivity contribution >= 4 is 17.1 Å². The Morgan fingerprint density at radius 1 is 0.864 bits per heavy atom. The molecule has 0 amide bonds. The minimum Gasteiger partial charge on any atom is -0.206 e. The molecule has 2 aromatic rings. The molecule has 0 heterocycles. The third-order valence-corrected chi connectivity index (χ3v) is 3.39. The highest BCUT2D eigenvalue weighted by atomic mass is 14.7. The summed E-state index contributed by atoms with van der Waals surface area (Å²) in [6, 6.07) is 20.2. The van der Waals surface area contributed by atoms with Crippen molar-refractivity contribution in [1.82, 2.24) is 0 Å². The molecule has 0 atom stereocenters. The van der Waals surface area contributed by atoms with Crippen LogP contribution < -0.4 is 0 Å². The maximum Gasteiger partial charge on any atom is 0.0729 e. The lowest BCUT2D eigenvalue weighted by molar-refractivity contribution is 1.40. The van der Waals surface area contributed by atoms with Crippen molar-refractivity contribution in [2.24, 2.45) is 4.99 Å². The fraction of sp³-hybridized carbons (Fsp3) is 0.0476. The highest BCUT2D eigenvalue weighted by Crippen LogP contribution is 2.23. The molecular formula is C21H17N. The Balaban J connectivity index is 2.09. The van der Waals surface area contributed by atoms with Crippen LogP contribution >= 0.6 is 0 Å². The Labute approximate surface area is 131 Å². The summed E-state index contributed by atoms with van der Waals surface area (Å²) in [6.07, 6.45) is 11.6. The van der Waals surface area contributed by atoms with Gasteiger partial charge in [0.1, 0.15) is 0 Å². The van der Waals surface area contributed by atoms with Gasteiger partial charge in [-0.05, 0) is 35.6 Å². The third-order valence-electron chi connectivity index (χ3n) is 3.39. The van der Waals surface area contributed by atoms with Gasteiger partial charge >= 0.3 is 0 Å². The number of hydrogen-bond donors (Lipinski definition) is 0. The van der Waals surface area contributed by atoms with Gasteiger partial charge < -0.3 is 0 Å². The Morgan fingerprint density at radius 3 is 2.36 bits per heavy atom. The third kappa shape index (κ3) is 3.60. The highest BCUT2D eigenvalue weighted by Gasteiger charge is 2.05. The van der Waals surface area contributed by atoms with Crippen LogP contribution in [-0.4, -0.2) is 5.87 Å². The molecule has 0 saturated heterocycles. The van der Waals surface area contributed by atoms with Gasteiger partial charge in [0.05, 0.1) is 11.3 Å². The van der Waals surface area contributed by atoms with Crippen LogP contribution in [0.5, 0.6) is 0 Å². The molecule has 106 valence electrons. The van der Waals surface area contributed by atoms with E-state index < -0.39 is 0 Å². The number of rotatable bonds is 3. The zero-order valence-electron chi connectivity index (χ0n) is 12.3. The molecule has 1 heteroatoms. The van der Waals surface area contributed by atoms with E-state index in [0.29, 0.717) is 0 Å². The average molecular weight is 283 g/mol. The topological polar surface area (TPSA) is 12.4 Å². The first-order valence-corrected chi connectivity index (χ1v) is 7.41. The van der Waals surface area contributed by atoms with Gasteiger partial charge in [-0.3, -0.25) is 0 Å². The Hall–Kier alpha value is -2.89. The molecule has 0 fully saturated rings. The fourth-order valence-corrected chi connectivity index (χ4v) is 2.27. The molecule has 0 N–H and O–H groups in total. The van der Waals surface area contributed by atoms with Crippen LogP contribution in [0.15, 0.2) is 102 Å². The molecule has 0 saturated carbocycles. The van der Waals surface area contributed by atoms with Crippen molar-refractivity contribution in [1.29, 1.82) is 0 Å². The van der Waals surface area contributed by atoms with Gasteiger partial charge in [0.2, 0.25) is 0 Å². The minimum absolute atomic E-state index is 0.907. The number of aliphatic imine (C=N–C) groups is 1. The minimum atomic E-state index is 0.907. The van der Waals surface area contributed by atoms with Gasteiger partial charge in [0.25, 0.3) is 0 Å². The first-order chi connectivity index (χ1) is 10.9. The van der Waals surface area contributed by atoms with Crippen LogP contribution in [0, 0.1) is 0 Å². The average Bonchev–Trinajstić information content (AvgIpc) is 2.86.